The van der Waals surface area contributed by atoms with Gasteiger partial charge in [-0.2, -0.15) is 0 Å². The van der Waals surface area contributed by atoms with Crippen LogP contribution in [0.2, 0.25) is 0 Å². The summed E-state index contributed by atoms with van der Waals surface area (Å²) in [4.78, 5) is 36.2. The van der Waals surface area contributed by atoms with E-state index in [4.69, 9.17) is 0 Å². The third-order valence-corrected chi connectivity index (χ3v) is 5.32. The second-order valence-corrected chi connectivity index (χ2v) is 7.60. The Morgan fingerprint density at radius 2 is 1.85 bits per heavy atom. The number of likely N-dealkylation sites (N-methyl/N-ethyl adjacent to an activating group) is 1. The number of rotatable bonds is 9. The van der Waals surface area contributed by atoms with Gasteiger partial charge >= 0.3 is 0 Å². The first-order chi connectivity index (χ1) is 16.2. The van der Waals surface area contributed by atoms with Gasteiger partial charge < -0.3 is 15.6 Å². The van der Waals surface area contributed by atoms with Crippen molar-refractivity contribution in [3.8, 4) is 22.8 Å². The Morgan fingerprint density at radius 3 is 2.58 bits per heavy atom. The van der Waals surface area contributed by atoms with E-state index in [1.54, 1.807) is 24.4 Å². The van der Waals surface area contributed by atoms with Crippen molar-refractivity contribution in [1.82, 2.24) is 25.6 Å². The number of aldehydes is 1. The molecule has 0 saturated heterocycles. The summed E-state index contributed by atoms with van der Waals surface area (Å²) in [6, 6.07) is 20.6. The van der Waals surface area contributed by atoms with Crippen molar-refractivity contribution in [2.75, 3.05) is 13.6 Å². The van der Waals surface area contributed by atoms with Gasteiger partial charge in [-0.05, 0) is 36.9 Å². The highest BCUT2D eigenvalue weighted by atomic mass is 16.1. The minimum atomic E-state index is -0.137. The van der Waals surface area contributed by atoms with E-state index in [0.29, 0.717) is 29.2 Å². The molecule has 0 aliphatic carbocycles. The summed E-state index contributed by atoms with van der Waals surface area (Å²) in [7, 11) is 1.87. The van der Waals surface area contributed by atoms with Crippen molar-refractivity contribution < 1.29 is 9.59 Å². The van der Waals surface area contributed by atoms with Crippen molar-refractivity contribution >= 4 is 12.2 Å². The highest BCUT2D eigenvalue weighted by Crippen LogP contribution is 2.23. The molecule has 3 N–H and O–H groups in total. The molecule has 0 aliphatic heterocycles. The van der Waals surface area contributed by atoms with E-state index in [9.17, 15) is 9.59 Å². The number of hydrogen-bond acceptors (Lipinski definition) is 5. The molecule has 0 atom stereocenters. The van der Waals surface area contributed by atoms with Crippen LogP contribution in [0.3, 0.4) is 0 Å². The van der Waals surface area contributed by atoms with E-state index in [2.05, 4.69) is 25.6 Å². The predicted octanol–water partition coefficient (Wildman–Crippen LogP) is 3.64. The quantitative estimate of drug-likeness (QED) is 0.346. The summed E-state index contributed by atoms with van der Waals surface area (Å²) in [6.07, 6.45) is 3.26. The molecule has 2 aromatic carbocycles. The molecule has 0 saturated carbocycles. The molecule has 4 aromatic rings. The highest BCUT2D eigenvalue weighted by molar-refractivity contribution is 5.94. The SMILES string of the molecule is CNCCc1[nH]c(-c2ccnc(-c3ccc(C(=O)NCc4ccccc4)cc3)n2)cc1C=O. The third kappa shape index (κ3) is 5.39. The Kier molecular flexibility index (Phi) is 7.02. The topological polar surface area (TPSA) is 99.8 Å². The number of hydrogen-bond donors (Lipinski definition) is 3. The molecule has 2 aromatic heterocycles. The van der Waals surface area contributed by atoms with E-state index in [-0.39, 0.29) is 5.91 Å². The van der Waals surface area contributed by atoms with Gasteiger partial charge in [0, 0.05) is 48.1 Å². The van der Waals surface area contributed by atoms with Crippen LogP contribution >= 0.6 is 0 Å². The molecule has 0 radical (unpaired) electrons. The van der Waals surface area contributed by atoms with E-state index >= 15 is 0 Å². The van der Waals surface area contributed by atoms with Crippen LogP contribution in [-0.2, 0) is 13.0 Å². The molecule has 0 unspecified atom stereocenters. The van der Waals surface area contributed by atoms with Crippen LogP contribution in [-0.4, -0.2) is 40.7 Å². The smallest absolute Gasteiger partial charge is 0.251 e. The number of amides is 1. The fraction of sp³-hybridized carbons (Fsp3) is 0.154. The number of nitrogens with one attached hydrogen (secondary N) is 3. The second-order valence-electron chi connectivity index (χ2n) is 7.60. The predicted molar refractivity (Wildman–Crippen MR) is 128 cm³/mol. The van der Waals surface area contributed by atoms with Crippen molar-refractivity contribution in [2.24, 2.45) is 0 Å². The van der Waals surface area contributed by atoms with E-state index < -0.39 is 0 Å². The summed E-state index contributed by atoms with van der Waals surface area (Å²) in [5.41, 5.74) is 5.39. The van der Waals surface area contributed by atoms with Gasteiger partial charge in [-0.15, -0.1) is 0 Å². The molecule has 0 fully saturated rings. The summed E-state index contributed by atoms with van der Waals surface area (Å²) in [6.45, 7) is 1.24. The van der Waals surface area contributed by atoms with E-state index in [1.807, 2.05) is 55.6 Å². The average molecular weight is 440 g/mol. The van der Waals surface area contributed by atoms with Crippen molar-refractivity contribution in [3.63, 3.8) is 0 Å². The first-order valence-electron chi connectivity index (χ1n) is 10.8. The number of aromatic nitrogens is 3. The van der Waals surface area contributed by atoms with Crippen LogP contribution < -0.4 is 10.6 Å². The summed E-state index contributed by atoms with van der Waals surface area (Å²) in [5, 5.41) is 6.01. The largest absolute Gasteiger partial charge is 0.356 e. The summed E-state index contributed by atoms with van der Waals surface area (Å²) < 4.78 is 0. The maximum atomic E-state index is 12.5. The highest BCUT2D eigenvalue weighted by Gasteiger charge is 2.12. The average Bonchev–Trinajstić information content (AvgIpc) is 3.30. The standard InChI is InChI=1S/C26H25N5O2/c1-27-13-11-22-21(17-32)15-24(30-22)23-12-14-28-25(31-23)19-7-9-20(10-8-19)26(33)29-16-18-5-3-2-4-6-18/h2-10,12,14-15,17,27,30H,11,13,16H2,1H3,(H,29,33). The van der Waals surface area contributed by atoms with Gasteiger partial charge in [0.15, 0.2) is 12.1 Å². The second kappa shape index (κ2) is 10.5. The van der Waals surface area contributed by atoms with Gasteiger partial charge in [0.2, 0.25) is 0 Å². The normalized spacial score (nSPS) is 10.7. The van der Waals surface area contributed by atoms with Gasteiger partial charge in [0.1, 0.15) is 0 Å². The Balaban J connectivity index is 1.49. The molecule has 0 spiro atoms. The summed E-state index contributed by atoms with van der Waals surface area (Å²) in [5.74, 6) is 0.407. The number of carbonyl (C=O) groups is 2. The minimum Gasteiger partial charge on any atom is -0.356 e. The zero-order chi connectivity index (χ0) is 23.0. The lowest BCUT2D eigenvalue weighted by molar-refractivity contribution is 0.0950. The molecule has 0 aliphatic rings. The van der Waals surface area contributed by atoms with Gasteiger partial charge in [0.05, 0.1) is 11.4 Å². The lowest BCUT2D eigenvalue weighted by Gasteiger charge is -2.07. The fourth-order valence-electron chi connectivity index (χ4n) is 3.51. The Hall–Kier alpha value is -4.10. The van der Waals surface area contributed by atoms with Gasteiger partial charge in [-0.1, -0.05) is 42.5 Å². The number of carbonyl (C=O) groups excluding carboxylic acids is 2. The molecule has 0 bridgehead atoms. The van der Waals surface area contributed by atoms with Gasteiger partial charge in [0.25, 0.3) is 5.91 Å². The molecule has 4 rings (SSSR count). The van der Waals surface area contributed by atoms with E-state index in [1.165, 1.54) is 0 Å². The molecule has 33 heavy (non-hydrogen) atoms. The number of benzene rings is 2. The van der Waals surface area contributed by atoms with Crippen LogP contribution in [0, 0.1) is 0 Å². The zero-order valence-electron chi connectivity index (χ0n) is 18.3. The first kappa shape index (κ1) is 22.1. The van der Waals surface area contributed by atoms with Crippen molar-refractivity contribution in [1.29, 1.82) is 0 Å². The number of nitrogens with zero attached hydrogens (tertiary/aromatic N) is 2. The Morgan fingerprint density at radius 1 is 1.06 bits per heavy atom. The Bertz CT molecular complexity index is 1230. The van der Waals surface area contributed by atoms with Gasteiger partial charge in [-0.25, -0.2) is 9.97 Å². The van der Waals surface area contributed by atoms with Crippen molar-refractivity contribution in [2.45, 2.75) is 13.0 Å². The monoisotopic (exact) mass is 439 g/mol. The number of aromatic amines is 1. The molecular formula is C26H25N5O2. The molecule has 7 nitrogen and oxygen atoms in total. The number of H-pyrrole nitrogens is 1. The minimum absolute atomic E-state index is 0.137. The molecule has 2 heterocycles. The third-order valence-electron chi connectivity index (χ3n) is 5.32. The lowest BCUT2D eigenvalue weighted by Crippen LogP contribution is -2.22. The van der Waals surface area contributed by atoms with Crippen LogP contribution in [0.15, 0.2) is 72.9 Å². The molecular weight excluding hydrogens is 414 g/mol. The van der Waals surface area contributed by atoms with Crippen LogP contribution in [0.1, 0.15) is 32.0 Å². The molecule has 7 heteroatoms. The maximum Gasteiger partial charge on any atom is 0.251 e. The first-order valence-corrected chi connectivity index (χ1v) is 10.8. The molecule has 1 amide bonds. The van der Waals surface area contributed by atoms with E-state index in [0.717, 1.165) is 41.8 Å². The zero-order valence-corrected chi connectivity index (χ0v) is 18.3. The maximum absolute atomic E-state index is 12.5. The van der Waals surface area contributed by atoms with Crippen LogP contribution in [0.25, 0.3) is 22.8 Å². The summed E-state index contributed by atoms with van der Waals surface area (Å²) >= 11 is 0. The fourth-order valence-corrected chi connectivity index (χ4v) is 3.51. The van der Waals surface area contributed by atoms with Crippen molar-refractivity contribution in [3.05, 3.63) is 95.3 Å². The Labute approximate surface area is 192 Å². The lowest BCUT2D eigenvalue weighted by atomic mass is 10.1. The van der Waals surface area contributed by atoms with Gasteiger partial charge in [-0.3, -0.25) is 9.59 Å². The van der Waals surface area contributed by atoms with Crippen LogP contribution in [0.4, 0.5) is 0 Å². The molecule has 166 valence electrons. The van der Waals surface area contributed by atoms with Crippen LogP contribution in [0.5, 0.6) is 0 Å².